The van der Waals surface area contributed by atoms with Gasteiger partial charge in [-0.25, -0.2) is 4.98 Å². The summed E-state index contributed by atoms with van der Waals surface area (Å²) in [6, 6.07) is 63.8. The van der Waals surface area contributed by atoms with E-state index in [1.54, 1.807) is 12.4 Å². The average Bonchev–Trinajstić information content (AvgIpc) is 3.84. The Morgan fingerprint density at radius 1 is 0.444 bits per heavy atom. The average molecular weight is 841 g/mol. The van der Waals surface area contributed by atoms with Crippen LogP contribution in [0, 0.1) is 0 Å². The van der Waals surface area contributed by atoms with Crippen molar-refractivity contribution in [2.45, 2.75) is 25.0 Å². The molecule has 0 saturated carbocycles. The van der Waals surface area contributed by atoms with E-state index in [9.17, 15) is 0 Å². The van der Waals surface area contributed by atoms with Gasteiger partial charge in [-0.05, 0) is 95.1 Å². The molecular formula is C55H32N6S2. The fourth-order valence-electron chi connectivity index (χ4n) is 10.5. The lowest BCUT2D eigenvalue weighted by molar-refractivity contribution is 0.711. The Labute approximate surface area is 371 Å². The molecular weight excluding hydrogens is 809 g/mol. The summed E-state index contributed by atoms with van der Waals surface area (Å²) in [4.78, 5) is 27.3. The Hall–Kier alpha value is -7.52. The maximum Gasteiger partial charge on any atom is 0.0980 e. The van der Waals surface area contributed by atoms with Gasteiger partial charge in [-0.2, -0.15) is 0 Å². The number of nitrogens with zero attached hydrogens (tertiary/aromatic N) is 6. The number of fused-ring (bicyclic) bond motifs is 16. The van der Waals surface area contributed by atoms with E-state index < -0.39 is 5.41 Å². The van der Waals surface area contributed by atoms with Gasteiger partial charge in [-0.15, -0.1) is 0 Å². The van der Waals surface area contributed by atoms with E-state index >= 15 is 0 Å². The van der Waals surface area contributed by atoms with Gasteiger partial charge >= 0.3 is 0 Å². The van der Waals surface area contributed by atoms with Crippen LogP contribution in [0.15, 0.2) is 214 Å². The zero-order valence-electron chi connectivity index (χ0n) is 33.5. The third-order valence-electron chi connectivity index (χ3n) is 13.0. The number of benzene rings is 7. The molecule has 3 aliphatic rings. The minimum absolute atomic E-state index is 0.645. The SMILES string of the molecule is c1cc(N2c3ccccc3Sc3c2ccc2c3Sc3ccccc3C23c2cccnc2-c2nc(-c4cccc5nccnc45)ccc23)cc(-n2c3ccccc3c3ccccc32)c1. The van der Waals surface area contributed by atoms with E-state index in [-0.39, 0.29) is 0 Å². The molecule has 1 aliphatic carbocycles. The van der Waals surface area contributed by atoms with Crippen LogP contribution in [0.2, 0.25) is 0 Å². The van der Waals surface area contributed by atoms with E-state index in [1.807, 2.05) is 41.9 Å². The minimum Gasteiger partial charge on any atom is -0.309 e. The second-order valence-corrected chi connectivity index (χ2v) is 18.3. The van der Waals surface area contributed by atoms with Crippen LogP contribution in [0.25, 0.3) is 61.2 Å². The lowest BCUT2D eigenvalue weighted by atomic mass is 9.67. The fraction of sp³-hybridized carbons (Fsp3) is 0.0182. The first kappa shape index (κ1) is 35.1. The third kappa shape index (κ3) is 4.82. The van der Waals surface area contributed by atoms with Gasteiger partial charge < -0.3 is 9.47 Å². The molecule has 7 aromatic carbocycles. The molecule has 0 amide bonds. The number of aromatic nitrogens is 5. The molecule has 1 spiro atoms. The van der Waals surface area contributed by atoms with Crippen LogP contribution in [-0.2, 0) is 5.41 Å². The van der Waals surface area contributed by atoms with Crippen LogP contribution in [0.1, 0.15) is 22.3 Å². The first-order valence-corrected chi connectivity index (χ1v) is 22.7. The maximum atomic E-state index is 5.49. The molecule has 2 aliphatic heterocycles. The van der Waals surface area contributed by atoms with Crippen LogP contribution in [-0.4, -0.2) is 24.5 Å². The number of hydrogen-bond acceptors (Lipinski definition) is 7. The number of hydrogen-bond donors (Lipinski definition) is 0. The van der Waals surface area contributed by atoms with Gasteiger partial charge in [0, 0.05) is 61.0 Å². The summed E-state index contributed by atoms with van der Waals surface area (Å²) < 4.78 is 2.40. The van der Waals surface area contributed by atoms with Crippen molar-refractivity contribution in [3.05, 3.63) is 217 Å². The van der Waals surface area contributed by atoms with Crippen molar-refractivity contribution in [3.63, 3.8) is 0 Å². The van der Waals surface area contributed by atoms with E-state index in [2.05, 4.69) is 178 Å². The molecule has 0 N–H and O–H groups in total. The van der Waals surface area contributed by atoms with Crippen molar-refractivity contribution in [2.75, 3.05) is 4.90 Å². The predicted octanol–water partition coefficient (Wildman–Crippen LogP) is 13.9. The second-order valence-electron chi connectivity index (χ2n) is 16.2. The van der Waals surface area contributed by atoms with Crippen molar-refractivity contribution in [3.8, 4) is 28.3 Å². The summed E-state index contributed by atoms with van der Waals surface area (Å²) in [5.41, 5.74) is 16.4. The van der Waals surface area contributed by atoms with Crippen molar-refractivity contribution in [1.29, 1.82) is 0 Å². The Morgan fingerprint density at radius 3 is 2.03 bits per heavy atom. The maximum absolute atomic E-state index is 5.49. The third-order valence-corrected chi connectivity index (χ3v) is 15.5. The molecule has 14 rings (SSSR count). The van der Waals surface area contributed by atoms with Gasteiger partial charge in [0.2, 0.25) is 0 Å². The van der Waals surface area contributed by atoms with Crippen molar-refractivity contribution >= 4 is 73.4 Å². The highest BCUT2D eigenvalue weighted by molar-refractivity contribution is 8.02. The smallest absolute Gasteiger partial charge is 0.0980 e. The van der Waals surface area contributed by atoms with Gasteiger partial charge in [-0.1, -0.05) is 127 Å². The standard InChI is InChI=1S/C55H32N6S2/c1-4-20-44-35(14-1)36-15-2-5-21-45(36)60(44)33-12-9-13-34(32-33)61-46-22-6-8-24-49(46)63-54-47(61)28-26-41-53(54)62-48-23-7-3-17-38(48)55(41)39-18-11-29-57-51(39)52-40(55)25-27-42(59-52)37-16-10-19-43-50(37)58-31-30-56-43/h1-32H. The molecule has 1 unspecified atom stereocenters. The molecule has 4 aromatic heterocycles. The Balaban J connectivity index is 0.994. The van der Waals surface area contributed by atoms with E-state index in [4.69, 9.17) is 15.0 Å². The van der Waals surface area contributed by atoms with E-state index in [0.29, 0.717) is 0 Å². The molecule has 8 heteroatoms. The zero-order chi connectivity index (χ0) is 41.2. The number of para-hydroxylation sites is 4. The number of rotatable bonds is 3. The second kappa shape index (κ2) is 13.2. The Morgan fingerprint density at radius 2 is 1.14 bits per heavy atom. The van der Waals surface area contributed by atoms with Crippen LogP contribution < -0.4 is 4.90 Å². The zero-order valence-corrected chi connectivity index (χ0v) is 35.1. The molecule has 0 radical (unpaired) electrons. The molecule has 11 aromatic rings. The molecule has 63 heavy (non-hydrogen) atoms. The van der Waals surface area contributed by atoms with Crippen LogP contribution >= 0.6 is 23.5 Å². The predicted molar refractivity (Wildman–Crippen MR) is 255 cm³/mol. The first-order valence-electron chi connectivity index (χ1n) is 21.0. The molecule has 0 bridgehead atoms. The monoisotopic (exact) mass is 840 g/mol. The van der Waals surface area contributed by atoms with Crippen LogP contribution in [0.3, 0.4) is 0 Å². The van der Waals surface area contributed by atoms with Gasteiger partial charge in [0.15, 0.2) is 0 Å². The molecule has 6 nitrogen and oxygen atoms in total. The molecule has 6 heterocycles. The molecule has 1 atom stereocenters. The van der Waals surface area contributed by atoms with Crippen LogP contribution in [0.5, 0.6) is 0 Å². The summed E-state index contributed by atoms with van der Waals surface area (Å²) in [6.45, 7) is 0. The van der Waals surface area contributed by atoms with Gasteiger partial charge in [-0.3, -0.25) is 15.0 Å². The summed E-state index contributed by atoms with van der Waals surface area (Å²) >= 11 is 3.75. The first-order chi connectivity index (χ1) is 31.3. The summed E-state index contributed by atoms with van der Waals surface area (Å²) in [5, 5.41) is 2.50. The highest BCUT2D eigenvalue weighted by atomic mass is 32.2. The van der Waals surface area contributed by atoms with Crippen molar-refractivity contribution in [1.82, 2.24) is 24.5 Å². The van der Waals surface area contributed by atoms with E-state index in [1.165, 1.54) is 58.2 Å². The topological polar surface area (TPSA) is 59.7 Å². The van der Waals surface area contributed by atoms with Crippen molar-refractivity contribution in [2.24, 2.45) is 0 Å². The fourth-order valence-corrected chi connectivity index (χ4v) is 13.0. The minimum atomic E-state index is -0.645. The highest BCUT2D eigenvalue weighted by Gasteiger charge is 2.52. The summed E-state index contributed by atoms with van der Waals surface area (Å²) in [7, 11) is 0. The lowest BCUT2D eigenvalue weighted by Gasteiger charge is -2.42. The quantitative estimate of drug-likeness (QED) is 0.176. The van der Waals surface area contributed by atoms with Crippen molar-refractivity contribution < 1.29 is 0 Å². The Kier molecular flexibility index (Phi) is 7.38. The normalized spacial score (nSPS) is 15.5. The van der Waals surface area contributed by atoms with Gasteiger partial charge in [0.1, 0.15) is 0 Å². The molecule has 294 valence electrons. The summed E-state index contributed by atoms with van der Waals surface area (Å²) in [5.74, 6) is 0. The number of pyridine rings is 2. The Bertz CT molecular complexity index is 3690. The number of anilines is 3. The lowest BCUT2D eigenvalue weighted by Crippen LogP contribution is -2.32. The van der Waals surface area contributed by atoms with Gasteiger partial charge in [0.05, 0.1) is 60.8 Å². The highest BCUT2D eigenvalue weighted by Crippen LogP contribution is 2.65. The molecule has 0 saturated heterocycles. The molecule has 0 fully saturated rings. The van der Waals surface area contributed by atoms with E-state index in [0.717, 1.165) is 61.9 Å². The summed E-state index contributed by atoms with van der Waals surface area (Å²) in [6.07, 6.45) is 5.38. The van der Waals surface area contributed by atoms with Gasteiger partial charge in [0.25, 0.3) is 0 Å². The van der Waals surface area contributed by atoms with Crippen LogP contribution in [0.4, 0.5) is 17.1 Å². The largest absolute Gasteiger partial charge is 0.309 e.